The monoisotopic (exact) mass is 454 g/mol. The summed E-state index contributed by atoms with van der Waals surface area (Å²) in [6, 6.07) is 21.7. The van der Waals surface area contributed by atoms with Gasteiger partial charge in [0.2, 0.25) is 10.0 Å². The Morgan fingerprint density at radius 2 is 1.61 bits per heavy atom. The number of amides is 1. The number of carbonyl (C=O) groups is 1. The number of nitrogens with one attached hydrogen (secondary N) is 2. The van der Waals surface area contributed by atoms with Crippen LogP contribution >= 0.6 is 11.3 Å². The van der Waals surface area contributed by atoms with Crippen LogP contribution in [0.25, 0.3) is 10.1 Å². The second kappa shape index (κ2) is 8.97. The van der Waals surface area contributed by atoms with E-state index in [9.17, 15) is 17.6 Å². The van der Waals surface area contributed by atoms with E-state index >= 15 is 0 Å². The van der Waals surface area contributed by atoms with Crippen LogP contribution in [0.3, 0.4) is 0 Å². The highest BCUT2D eigenvalue weighted by Crippen LogP contribution is 2.25. The van der Waals surface area contributed by atoms with E-state index in [1.807, 2.05) is 30.3 Å². The minimum atomic E-state index is -3.78. The van der Waals surface area contributed by atoms with Gasteiger partial charge in [-0.3, -0.25) is 4.79 Å². The lowest BCUT2D eigenvalue weighted by atomic mass is 10.2. The van der Waals surface area contributed by atoms with E-state index < -0.39 is 15.8 Å². The van der Waals surface area contributed by atoms with Crippen LogP contribution in [0.5, 0.6) is 0 Å². The summed E-state index contributed by atoms with van der Waals surface area (Å²) in [6.45, 7) is 0.174. The van der Waals surface area contributed by atoms with Gasteiger partial charge in [0.15, 0.2) is 0 Å². The molecular formula is C23H19FN2O3S2. The molecule has 3 aromatic carbocycles. The second-order valence-corrected chi connectivity index (χ2v) is 9.78. The maximum absolute atomic E-state index is 13.3. The Morgan fingerprint density at radius 3 is 2.39 bits per heavy atom. The SMILES string of the molecule is O=C(NCc1cccc(S(=O)(=O)NCc2cccc(F)c2)c1)c1cc2ccccc2s1. The molecule has 0 saturated carbocycles. The first-order valence-electron chi connectivity index (χ1n) is 9.50. The van der Waals surface area contributed by atoms with Crippen LogP contribution in [0, 0.1) is 5.82 Å². The zero-order valence-electron chi connectivity index (χ0n) is 16.3. The molecule has 1 amide bonds. The quantitative estimate of drug-likeness (QED) is 0.433. The largest absolute Gasteiger partial charge is 0.347 e. The Hall–Kier alpha value is -3.07. The number of thiophene rings is 1. The molecular weight excluding hydrogens is 435 g/mol. The molecule has 0 radical (unpaired) electrons. The summed E-state index contributed by atoms with van der Waals surface area (Å²) < 4.78 is 42.0. The summed E-state index contributed by atoms with van der Waals surface area (Å²) in [4.78, 5) is 13.2. The molecule has 5 nitrogen and oxygen atoms in total. The highest BCUT2D eigenvalue weighted by Gasteiger charge is 2.15. The van der Waals surface area contributed by atoms with E-state index in [2.05, 4.69) is 10.0 Å². The van der Waals surface area contributed by atoms with Crippen LogP contribution in [0.4, 0.5) is 4.39 Å². The van der Waals surface area contributed by atoms with E-state index in [1.165, 1.54) is 41.7 Å². The van der Waals surface area contributed by atoms with E-state index in [4.69, 9.17) is 0 Å². The molecule has 8 heteroatoms. The molecule has 2 N–H and O–H groups in total. The van der Waals surface area contributed by atoms with Gasteiger partial charge in [0.05, 0.1) is 9.77 Å². The fourth-order valence-corrected chi connectivity index (χ4v) is 5.16. The van der Waals surface area contributed by atoms with Crippen molar-refractivity contribution in [2.45, 2.75) is 18.0 Å². The van der Waals surface area contributed by atoms with Crippen LogP contribution in [0.2, 0.25) is 0 Å². The molecule has 4 aromatic rings. The summed E-state index contributed by atoms with van der Waals surface area (Å²) in [5.41, 5.74) is 1.18. The molecule has 1 aromatic heterocycles. The van der Waals surface area contributed by atoms with E-state index in [-0.39, 0.29) is 23.9 Å². The fourth-order valence-electron chi connectivity index (χ4n) is 3.09. The fraction of sp³-hybridized carbons (Fsp3) is 0.0870. The summed E-state index contributed by atoms with van der Waals surface area (Å²) >= 11 is 1.41. The average molecular weight is 455 g/mol. The van der Waals surface area contributed by atoms with Crippen LogP contribution < -0.4 is 10.0 Å². The number of hydrogen-bond donors (Lipinski definition) is 2. The summed E-state index contributed by atoms with van der Waals surface area (Å²) in [6.07, 6.45) is 0. The standard InChI is InChI=1S/C23H19FN2O3S2/c24-19-8-3-5-16(11-19)15-26-31(28,29)20-9-4-6-17(12-20)14-25-23(27)22-13-18-7-1-2-10-21(18)30-22/h1-13,26H,14-15H2,(H,25,27). The van der Waals surface area contributed by atoms with Gasteiger partial charge in [-0.25, -0.2) is 17.5 Å². The second-order valence-electron chi connectivity index (χ2n) is 6.93. The van der Waals surface area contributed by atoms with Gasteiger partial charge in [-0.05, 0) is 52.9 Å². The first kappa shape index (κ1) is 21.2. The number of benzene rings is 3. The topological polar surface area (TPSA) is 75.3 Å². The third kappa shape index (κ3) is 5.16. The van der Waals surface area contributed by atoms with Gasteiger partial charge in [0, 0.05) is 17.8 Å². The molecule has 0 spiro atoms. The highest BCUT2D eigenvalue weighted by molar-refractivity contribution is 7.89. The number of fused-ring (bicyclic) bond motifs is 1. The lowest BCUT2D eigenvalue weighted by Gasteiger charge is -2.09. The molecule has 0 fully saturated rings. The minimum absolute atomic E-state index is 0.0208. The minimum Gasteiger partial charge on any atom is -0.347 e. The van der Waals surface area contributed by atoms with Crippen molar-refractivity contribution in [2.24, 2.45) is 0 Å². The Balaban J connectivity index is 1.41. The zero-order valence-corrected chi connectivity index (χ0v) is 18.0. The summed E-state index contributed by atoms with van der Waals surface area (Å²) in [5, 5.41) is 3.84. The predicted molar refractivity (Wildman–Crippen MR) is 120 cm³/mol. The smallest absolute Gasteiger partial charge is 0.261 e. The van der Waals surface area contributed by atoms with E-state index in [1.54, 1.807) is 18.2 Å². The van der Waals surface area contributed by atoms with Crippen molar-refractivity contribution >= 4 is 37.4 Å². The molecule has 0 aliphatic carbocycles. The van der Waals surface area contributed by atoms with Crippen molar-refractivity contribution in [3.05, 3.63) is 101 Å². The number of rotatable bonds is 7. The van der Waals surface area contributed by atoms with Crippen LogP contribution in [0.15, 0.2) is 83.8 Å². The number of sulfonamides is 1. The molecule has 0 aliphatic rings. The number of halogens is 1. The van der Waals surface area contributed by atoms with Crippen molar-refractivity contribution in [1.29, 1.82) is 0 Å². The normalized spacial score (nSPS) is 11.5. The van der Waals surface area contributed by atoms with Gasteiger partial charge in [-0.2, -0.15) is 0 Å². The lowest BCUT2D eigenvalue weighted by molar-refractivity contribution is 0.0955. The van der Waals surface area contributed by atoms with Gasteiger partial charge in [0.25, 0.3) is 5.91 Å². The van der Waals surface area contributed by atoms with Crippen molar-refractivity contribution < 1.29 is 17.6 Å². The highest BCUT2D eigenvalue weighted by atomic mass is 32.2. The molecule has 31 heavy (non-hydrogen) atoms. The number of hydrogen-bond acceptors (Lipinski definition) is 4. The molecule has 0 unspecified atom stereocenters. The van der Waals surface area contributed by atoms with Crippen molar-refractivity contribution in [3.63, 3.8) is 0 Å². The third-order valence-electron chi connectivity index (χ3n) is 4.67. The van der Waals surface area contributed by atoms with Gasteiger partial charge in [-0.1, -0.05) is 42.5 Å². The Labute approximate surface area is 183 Å². The molecule has 158 valence electrons. The molecule has 0 aliphatic heterocycles. The van der Waals surface area contributed by atoms with Gasteiger partial charge >= 0.3 is 0 Å². The first-order valence-corrected chi connectivity index (χ1v) is 11.8. The summed E-state index contributed by atoms with van der Waals surface area (Å²) in [5.74, 6) is -0.633. The average Bonchev–Trinajstić information content (AvgIpc) is 3.21. The van der Waals surface area contributed by atoms with Crippen molar-refractivity contribution in [3.8, 4) is 0 Å². The molecule has 4 rings (SSSR count). The molecule has 1 heterocycles. The third-order valence-corrected chi connectivity index (χ3v) is 7.18. The predicted octanol–water partition coefficient (Wildman–Crippen LogP) is 4.45. The van der Waals surface area contributed by atoms with Crippen molar-refractivity contribution in [1.82, 2.24) is 10.0 Å². The van der Waals surface area contributed by atoms with Gasteiger partial charge in [0.1, 0.15) is 5.82 Å². The maximum atomic E-state index is 13.3. The Kier molecular flexibility index (Phi) is 6.13. The molecule has 0 bridgehead atoms. The van der Waals surface area contributed by atoms with E-state index in [0.717, 1.165) is 10.1 Å². The van der Waals surface area contributed by atoms with E-state index in [0.29, 0.717) is 16.0 Å². The Bertz CT molecular complexity index is 1320. The van der Waals surface area contributed by atoms with Gasteiger partial charge in [-0.15, -0.1) is 11.3 Å². The zero-order chi connectivity index (χ0) is 21.8. The Morgan fingerprint density at radius 1 is 0.871 bits per heavy atom. The van der Waals surface area contributed by atoms with Crippen LogP contribution in [-0.4, -0.2) is 14.3 Å². The molecule has 0 saturated heterocycles. The van der Waals surface area contributed by atoms with Crippen LogP contribution in [0.1, 0.15) is 20.8 Å². The molecule has 0 atom stereocenters. The maximum Gasteiger partial charge on any atom is 0.261 e. The van der Waals surface area contributed by atoms with Crippen molar-refractivity contribution in [2.75, 3.05) is 0 Å². The van der Waals surface area contributed by atoms with Crippen LogP contribution in [-0.2, 0) is 23.1 Å². The first-order chi connectivity index (χ1) is 14.9. The number of carbonyl (C=O) groups excluding carboxylic acids is 1. The van der Waals surface area contributed by atoms with Gasteiger partial charge < -0.3 is 5.32 Å². The lowest BCUT2D eigenvalue weighted by Crippen LogP contribution is -2.24. The summed E-state index contributed by atoms with van der Waals surface area (Å²) in [7, 11) is -3.78.